The van der Waals surface area contributed by atoms with Crippen molar-refractivity contribution < 1.29 is 16.8 Å². The Bertz CT molecular complexity index is 767. The van der Waals surface area contributed by atoms with E-state index < -0.39 is 30.2 Å². The fourth-order valence-electron chi connectivity index (χ4n) is 8.05. The van der Waals surface area contributed by atoms with Gasteiger partial charge in [-0.3, -0.25) is 0 Å². The highest BCUT2D eigenvalue weighted by atomic mass is 16.3. The Morgan fingerprint density at radius 2 is 1.89 bits per heavy atom. The second-order valence-electron chi connectivity index (χ2n) is 10.8. The molecule has 2 heteroatoms. The minimum absolute atomic E-state index is 0.0627. The molecular formula is C25H42O2. The first-order valence-electron chi connectivity index (χ1n) is 13.8. The first-order chi connectivity index (χ1) is 14.6. The van der Waals surface area contributed by atoms with Crippen LogP contribution in [0, 0.1) is 46.3 Å². The highest BCUT2D eigenvalue weighted by Crippen LogP contribution is 2.68. The summed E-state index contributed by atoms with van der Waals surface area (Å²) in [5.41, 5.74) is -0.299. The molecule has 27 heavy (non-hydrogen) atoms. The number of hydrogen-bond acceptors (Lipinski definition) is 2. The zero-order valence-electron chi connectivity index (χ0n) is 22.7. The average Bonchev–Trinajstić information content (AvgIpc) is 3.01. The average molecular weight is 380 g/mol. The van der Waals surface area contributed by atoms with E-state index in [-0.39, 0.29) is 23.5 Å². The Hall–Kier alpha value is -0.370. The van der Waals surface area contributed by atoms with E-state index >= 15 is 0 Å². The molecule has 0 unspecified atom stereocenters. The first kappa shape index (κ1) is 14.6. The molecule has 4 saturated carbocycles. The summed E-state index contributed by atoms with van der Waals surface area (Å²) in [5.74, 6) is 2.18. The van der Waals surface area contributed by atoms with Crippen LogP contribution in [-0.2, 0) is 4.79 Å². The zero-order chi connectivity index (χ0) is 23.9. The van der Waals surface area contributed by atoms with Gasteiger partial charge in [0, 0.05) is 11.9 Å². The smallest absolute Gasteiger partial charge is 0.129 e. The lowest BCUT2D eigenvalue weighted by molar-refractivity contribution is -0.129. The van der Waals surface area contributed by atoms with Gasteiger partial charge >= 0.3 is 0 Å². The van der Waals surface area contributed by atoms with Gasteiger partial charge in [0.15, 0.2) is 0 Å². The molecule has 0 aromatic rings. The second kappa shape index (κ2) is 7.15. The standard InChI is InChI=1S/C25H42O2/c1-16(5-6-17(2)26)21-9-10-22-20-8-7-18-15-19(27)11-13-24(18,3)23(20)12-14-25(21,22)4/h16,18-23,27H,5-15H2,1-4H3/t16-,18-,19+,20+,21-,22+,23+,24+,25-/m1/s1/i11D2,15D2,19D. The first-order valence-corrected chi connectivity index (χ1v) is 11.3. The van der Waals surface area contributed by atoms with Crippen molar-refractivity contribution in [3.63, 3.8) is 0 Å². The van der Waals surface area contributed by atoms with E-state index in [2.05, 4.69) is 20.8 Å². The fraction of sp³-hybridized carbons (Fsp3) is 0.960. The maximum absolute atomic E-state index is 11.5. The van der Waals surface area contributed by atoms with Crippen LogP contribution in [0.1, 0.15) is 105 Å². The van der Waals surface area contributed by atoms with Crippen LogP contribution in [0.2, 0.25) is 0 Å². The summed E-state index contributed by atoms with van der Waals surface area (Å²) in [6.45, 7) is 8.50. The van der Waals surface area contributed by atoms with E-state index in [9.17, 15) is 9.90 Å². The van der Waals surface area contributed by atoms with E-state index in [1.54, 1.807) is 6.92 Å². The van der Waals surface area contributed by atoms with E-state index in [0.29, 0.717) is 36.5 Å². The lowest BCUT2D eigenvalue weighted by atomic mass is 9.44. The van der Waals surface area contributed by atoms with E-state index in [1.165, 1.54) is 12.8 Å². The number of hydrogen-bond donors (Lipinski definition) is 1. The lowest BCUT2D eigenvalue weighted by Crippen LogP contribution is -2.54. The molecule has 0 aromatic heterocycles. The molecule has 9 atom stereocenters. The summed E-state index contributed by atoms with van der Waals surface area (Å²) < 4.78 is 42.5. The number of carbonyl (C=O) groups excluding carboxylic acids is 1. The number of rotatable bonds is 4. The molecule has 4 fully saturated rings. The minimum atomic E-state index is -2.72. The zero-order valence-corrected chi connectivity index (χ0v) is 17.7. The molecule has 0 aromatic carbocycles. The van der Waals surface area contributed by atoms with Gasteiger partial charge in [0.2, 0.25) is 0 Å². The third-order valence-corrected chi connectivity index (χ3v) is 9.53. The monoisotopic (exact) mass is 379 g/mol. The van der Waals surface area contributed by atoms with Crippen molar-refractivity contribution in [2.24, 2.45) is 46.3 Å². The van der Waals surface area contributed by atoms with Gasteiger partial charge in [-0.25, -0.2) is 0 Å². The van der Waals surface area contributed by atoms with Crippen LogP contribution in [0.5, 0.6) is 0 Å². The van der Waals surface area contributed by atoms with E-state index in [4.69, 9.17) is 6.85 Å². The largest absolute Gasteiger partial charge is 0.393 e. The molecular weight excluding hydrogens is 332 g/mol. The SMILES string of the molecule is [2H]C1([2H])C[C@@]2(C)[C@H](CC[C@@H]3[C@@H]2CC[C@]2(C)[C@@H]([C@H](C)CCC(C)=O)CC[C@@H]32)C([2H])([2H])[C@@]1([2H])O. The van der Waals surface area contributed by atoms with Gasteiger partial charge in [-0.05, 0) is 117 Å². The Kier molecular flexibility index (Phi) is 3.86. The maximum Gasteiger partial charge on any atom is 0.129 e. The summed E-state index contributed by atoms with van der Waals surface area (Å²) in [6, 6.07) is 0. The molecule has 0 bridgehead atoms. The summed E-state index contributed by atoms with van der Waals surface area (Å²) in [6.07, 6.45) is 0.376. The van der Waals surface area contributed by atoms with Gasteiger partial charge in [0.05, 0.1) is 7.45 Å². The fourth-order valence-corrected chi connectivity index (χ4v) is 8.05. The van der Waals surface area contributed by atoms with Crippen LogP contribution in [-0.4, -0.2) is 17.0 Å². The molecule has 1 N–H and O–H groups in total. The number of fused-ring (bicyclic) bond motifs is 5. The maximum atomic E-state index is 11.5. The second-order valence-corrected chi connectivity index (χ2v) is 10.8. The van der Waals surface area contributed by atoms with Crippen LogP contribution >= 0.6 is 0 Å². The number of ketones is 1. The van der Waals surface area contributed by atoms with Crippen molar-refractivity contribution in [3.05, 3.63) is 0 Å². The van der Waals surface area contributed by atoms with Crippen molar-refractivity contribution in [2.75, 3.05) is 0 Å². The third kappa shape index (κ3) is 3.22. The van der Waals surface area contributed by atoms with Crippen LogP contribution in [0.4, 0.5) is 0 Å². The number of aliphatic hydroxyl groups is 1. The molecule has 0 aliphatic heterocycles. The van der Waals surface area contributed by atoms with Crippen molar-refractivity contribution >= 4 is 5.78 Å². The van der Waals surface area contributed by atoms with Gasteiger partial charge in [0.25, 0.3) is 0 Å². The highest BCUT2D eigenvalue weighted by Gasteiger charge is 2.60. The van der Waals surface area contributed by atoms with Crippen molar-refractivity contribution in [2.45, 2.75) is 104 Å². The summed E-state index contributed by atoms with van der Waals surface area (Å²) in [7, 11) is 0. The van der Waals surface area contributed by atoms with Gasteiger partial charge in [-0.1, -0.05) is 20.8 Å². The Morgan fingerprint density at radius 1 is 1.15 bits per heavy atom. The van der Waals surface area contributed by atoms with Crippen LogP contribution in [0.25, 0.3) is 0 Å². The molecule has 4 aliphatic carbocycles. The van der Waals surface area contributed by atoms with Crippen molar-refractivity contribution in [1.29, 1.82) is 0 Å². The van der Waals surface area contributed by atoms with Crippen molar-refractivity contribution in [3.8, 4) is 0 Å². The van der Waals surface area contributed by atoms with Gasteiger partial charge in [0.1, 0.15) is 5.78 Å². The molecule has 4 rings (SSSR count). The van der Waals surface area contributed by atoms with Crippen LogP contribution in [0.3, 0.4) is 0 Å². The summed E-state index contributed by atoms with van der Waals surface area (Å²) >= 11 is 0. The lowest BCUT2D eigenvalue weighted by Gasteiger charge is -2.61. The molecule has 4 aliphatic rings. The highest BCUT2D eigenvalue weighted by molar-refractivity contribution is 5.75. The molecule has 0 radical (unpaired) electrons. The Balaban J connectivity index is 1.61. The third-order valence-electron chi connectivity index (χ3n) is 9.53. The predicted molar refractivity (Wildman–Crippen MR) is 110 cm³/mol. The molecule has 0 saturated heterocycles. The van der Waals surface area contributed by atoms with Gasteiger partial charge in [-0.15, -0.1) is 0 Å². The van der Waals surface area contributed by atoms with Crippen LogP contribution in [0.15, 0.2) is 0 Å². The Morgan fingerprint density at radius 3 is 2.63 bits per heavy atom. The van der Waals surface area contributed by atoms with Gasteiger partial charge in [-0.2, -0.15) is 0 Å². The number of carbonyl (C=O) groups is 1. The van der Waals surface area contributed by atoms with E-state index in [0.717, 1.165) is 25.7 Å². The topological polar surface area (TPSA) is 37.3 Å². The summed E-state index contributed by atoms with van der Waals surface area (Å²) in [5, 5.41) is 10.6. The quantitative estimate of drug-likeness (QED) is 0.649. The molecule has 0 heterocycles. The normalized spacial score (nSPS) is 59.6. The molecule has 2 nitrogen and oxygen atoms in total. The minimum Gasteiger partial charge on any atom is -0.393 e. The predicted octanol–water partition coefficient (Wildman–Crippen LogP) is 6.01. The number of Topliss-reactive ketones (excluding diaryl/α,β-unsaturated/α-hetero) is 1. The molecule has 154 valence electrons. The Labute approximate surface area is 173 Å². The molecule has 0 amide bonds. The van der Waals surface area contributed by atoms with Gasteiger partial charge < -0.3 is 9.90 Å². The van der Waals surface area contributed by atoms with Crippen LogP contribution < -0.4 is 0 Å². The molecule has 0 spiro atoms. The van der Waals surface area contributed by atoms with E-state index in [1.807, 2.05) is 0 Å². The summed E-state index contributed by atoms with van der Waals surface area (Å²) in [4.78, 5) is 11.5. The van der Waals surface area contributed by atoms with Crippen molar-refractivity contribution in [1.82, 2.24) is 0 Å².